The van der Waals surface area contributed by atoms with Gasteiger partial charge in [-0.05, 0) is 37.1 Å². The van der Waals surface area contributed by atoms with E-state index in [-0.39, 0.29) is 0 Å². The van der Waals surface area contributed by atoms with Crippen molar-refractivity contribution in [2.24, 2.45) is 0 Å². The van der Waals surface area contributed by atoms with E-state index < -0.39 is 0 Å². The van der Waals surface area contributed by atoms with Crippen molar-refractivity contribution in [3.05, 3.63) is 30.2 Å². The quantitative estimate of drug-likeness (QED) is 0.316. The van der Waals surface area contributed by atoms with Crippen LogP contribution in [0.5, 0.6) is 5.75 Å². The molecule has 0 bridgehead atoms. The Morgan fingerprint density at radius 1 is 0.778 bits per heavy atom. The number of aromatic nitrogens is 2. The van der Waals surface area contributed by atoms with Crippen molar-refractivity contribution >= 4 is 0 Å². The van der Waals surface area contributed by atoms with Gasteiger partial charge in [0.1, 0.15) is 5.75 Å². The minimum atomic E-state index is 0.669. The summed E-state index contributed by atoms with van der Waals surface area (Å²) in [5.41, 5.74) is 0.975. The first-order valence-electron chi connectivity index (χ1n) is 10.9. The van der Waals surface area contributed by atoms with Gasteiger partial charge in [0, 0.05) is 12.0 Å². The molecule has 0 fully saturated rings. The molecule has 27 heavy (non-hydrogen) atoms. The van der Waals surface area contributed by atoms with Gasteiger partial charge in [-0.15, -0.1) is 0 Å². The van der Waals surface area contributed by atoms with Crippen molar-refractivity contribution in [3.8, 4) is 17.1 Å². The van der Waals surface area contributed by atoms with Gasteiger partial charge >= 0.3 is 0 Å². The van der Waals surface area contributed by atoms with Gasteiger partial charge in [0.2, 0.25) is 11.7 Å². The van der Waals surface area contributed by atoms with E-state index in [2.05, 4.69) is 24.0 Å². The standard InChI is InChI=1S/C23H36N2O2/c1-3-5-7-9-10-11-12-14-22-24-23(25-27-22)20-15-17-21(18-16-20)26-19-13-8-6-4-2/h15-18H,3-14,19H2,1-2H3. The monoisotopic (exact) mass is 372 g/mol. The van der Waals surface area contributed by atoms with Crippen LogP contribution >= 0.6 is 0 Å². The van der Waals surface area contributed by atoms with Crippen LogP contribution in [0, 0.1) is 0 Å². The second kappa shape index (κ2) is 13.3. The Morgan fingerprint density at radius 3 is 2.11 bits per heavy atom. The summed E-state index contributed by atoms with van der Waals surface area (Å²) in [6.45, 7) is 5.25. The number of unbranched alkanes of at least 4 members (excludes halogenated alkanes) is 9. The predicted molar refractivity (Wildman–Crippen MR) is 111 cm³/mol. The van der Waals surface area contributed by atoms with E-state index in [0.717, 1.165) is 43.1 Å². The first-order chi connectivity index (χ1) is 13.3. The summed E-state index contributed by atoms with van der Waals surface area (Å²) in [7, 11) is 0. The number of ether oxygens (including phenoxy) is 1. The van der Waals surface area contributed by atoms with Crippen LogP contribution in [0.2, 0.25) is 0 Å². The molecule has 1 aromatic heterocycles. The van der Waals surface area contributed by atoms with Gasteiger partial charge in [-0.2, -0.15) is 4.98 Å². The highest BCUT2D eigenvalue weighted by molar-refractivity contribution is 5.55. The number of hydrogen-bond acceptors (Lipinski definition) is 4. The Morgan fingerprint density at radius 2 is 1.41 bits per heavy atom. The molecule has 0 amide bonds. The molecule has 4 nitrogen and oxygen atoms in total. The molecule has 0 aliphatic rings. The molecule has 0 saturated carbocycles. The molecular weight excluding hydrogens is 336 g/mol. The van der Waals surface area contributed by atoms with Crippen molar-refractivity contribution in [3.63, 3.8) is 0 Å². The number of aryl methyl sites for hydroxylation is 1. The molecule has 0 saturated heterocycles. The summed E-state index contributed by atoms with van der Waals surface area (Å²) in [6.07, 6.45) is 14.8. The molecule has 150 valence electrons. The Balaban J connectivity index is 1.69. The van der Waals surface area contributed by atoms with Crippen molar-refractivity contribution in [1.29, 1.82) is 0 Å². The molecule has 4 heteroatoms. The van der Waals surface area contributed by atoms with Gasteiger partial charge in [-0.25, -0.2) is 0 Å². The molecule has 0 atom stereocenters. The Labute approximate surface area is 164 Å². The van der Waals surface area contributed by atoms with E-state index in [0.29, 0.717) is 5.82 Å². The van der Waals surface area contributed by atoms with Gasteiger partial charge in [0.15, 0.2) is 0 Å². The summed E-state index contributed by atoms with van der Waals surface area (Å²) in [6, 6.07) is 7.98. The van der Waals surface area contributed by atoms with E-state index >= 15 is 0 Å². The van der Waals surface area contributed by atoms with Crippen LogP contribution in [0.25, 0.3) is 11.4 Å². The van der Waals surface area contributed by atoms with Gasteiger partial charge < -0.3 is 9.26 Å². The van der Waals surface area contributed by atoms with Crippen LogP contribution < -0.4 is 4.74 Å². The second-order valence-corrected chi connectivity index (χ2v) is 7.32. The predicted octanol–water partition coefficient (Wildman–Crippen LogP) is 6.99. The van der Waals surface area contributed by atoms with Gasteiger partial charge in [0.25, 0.3) is 0 Å². The third-order valence-electron chi connectivity index (χ3n) is 4.84. The number of benzene rings is 1. The number of hydrogen-bond donors (Lipinski definition) is 0. The lowest BCUT2D eigenvalue weighted by atomic mass is 10.1. The zero-order chi connectivity index (χ0) is 19.2. The van der Waals surface area contributed by atoms with Crippen molar-refractivity contribution < 1.29 is 9.26 Å². The molecule has 2 aromatic rings. The highest BCUT2D eigenvalue weighted by Gasteiger charge is 2.08. The van der Waals surface area contributed by atoms with Crippen LogP contribution in [0.15, 0.2) is 28.8 Å². The molecular formula is C23H36N2O2. The number of rotatable bonds is 15. The third-order valence-corrected chi connectivity index (χ3v) is 4.84. The molecule has 0 spiro atoms. The summed E-state index contributed by atoms with van der Waals surface area (Å²) in [5, 5.41) is 4.12. The van der Waals surface area contributed by atoms with Crippen LogP contribution in [0.3, 0.4) is 0 Å². The molecule has 2 rings (SSSR count). The molecule has 0 aliphatic carbocycles. The number of nitrogens with zero attached hydrogens (tertiary/aromatic N) is 2. The molecule has 0 N–H and O–H groups in total. The van der Waals surface area contributed by atoms with Gasteiger partial charge in [-0.3, -0.25) is 0 Å². The summed E-state index contributed by atoms with van der Waals surface area (Å²) >= 11 is 0. The highest BCUT2D eigenvalue weighted by Crippen LogP contribution is 2.21. The highest BCUT2D eigenvalue weighted by atomic mass is 16.5. The second-order valence-electron chi connectivity index (χ2n) is 7.32. The Kier molecular flexibility index (Phi) is 10.6. The third kappa shape index (κ3) is 8.59. The van der Waals surface area contributed by atoms with Crippen molar-refractivity contribution in [1.82, 2.24) is 10.1 Å². The Hall–Kier alpha value is -1.84. The minimum Gasteiger partial charge on any atom is -0.494 e. The lowest BCUT2D eigenvalue weighted by molar-refractivity contribution is 0.305. The summed E-state index contributed by atoms with van der Waals surface area (Å²) in [5.74, 6) is 2.32. The van der Waals surface area contributed by atoms with Crippen LogP contribution in [-0.4, -0.2) is 16.7 Å². The van der Waals surface area contributed by atoms with E-state index in [4.69, 9.17) is 9.26 Å². The average molecular weight is 373 g/mol. The first-order valence-corrected chi connectivity index (χ1v) is 10.9. The summed E-state index contributed by atoms with van der Waals surface area (Å²) < 4.78 is 11.2. The van der Waals surface area contributed by atoms with E-state index in [1.165, 1.54) is 57.8 Å². The smallest absolute Gasteiger partial charge is 0.226 e. The molecule has 0 aliphatic heterocycles. The van der Waals surface area contributed by atoms with E-state index in [9.17, 15) is 0 Å². The first kappa shape index (κ1) is 21.5. The maximum Gasteiger partial charge on any atom is 0.226 e. The summed E-state index contributed by atoms with van der Waals surface area (Å²) in [4.78, 5) is 4.53. The normalized spacial score (nSPS) is 11.0. The maximum atomic E-state index is 5.78. The molecule has 0 radical (unpaired) electrons. The fourth-order valence-corrected chi connectivity index (χ4v) is 3.13. The van der Waals surface area contributed by atoms with Crippen LogP contribution in [0.1, 0.15) is 90.4 Å². The zero-order valence-corrected chi connectivity index (χ0v) is 17.2. The fraction of sp³-hybridized carbons (Fsp3) is 0.652. The fourth-order valence-electron chi connectivity index (χ4n) is 3.13. The largest absolute Gasteiger partial charge is 0.494 e. The van der Waals surface area contributed by atoms with E-state index in [1.54, 1.807) is 0 Å². The molecule has 1 heterocycles. The zero-order valence-electron chi connectivity index (χ0n) is 17.2. The molecule has 1 aromatic carbocycles. The Bertz CT molecular complexity index is 607. The lowest BCUT2D eigenvalue weighted by Gasteiger charge is -2.06. The molecule has 0 unspecified atom stereocenters. The lowest BCUT2D eigenvalue weighted by Crippen LogP contribution is -1.97. The SMILES string of the molecule is CCCCCCCCCc1nc(-c2ccc(OCCCCCC)cc2)no1. The van der Waals surface area contributed by atoms with Gasteiger partial charge in [-0.1, -0.05) is 76.8 Å². The van der Waals surface area contributed by atoms with Crippen molar-refractivity contribution in [2.45, 2.75) is 90.9 Å². The minimum absolute atomic E-state index is 0.669. The van der Waals surface area contributed by atoms with Crippen molar-refractivity contribution in [2.75, 3.05) is 6.61 Å². The maximum absolute atomic E-state index is 5.78. The van der Waals surface area contributed by atoms with E-state index in [1.807, 2.05) is 24.3 Å². The van der Waals surface area contributed by atoms with Crippen LogP contribution in [-0.2, 0) is 6.42 Å². The van der Waals surface area contributed by atoms with Crippen LogP contribution in [0.4, 0.5) is 0 Å². The topological polar surface area (TPSA) is 48.2 Å². The average Bonchev–Trinajstić information content (AvgIpc) is 3.16. The van der Waals surface area contributed by atoms with Gasteiger partial charge in [0.05, 0.1) is 6.61 Å².